The molecule has 1 aliphatic rings. The Bertz CT molecular complexity index is 1390. The predicted molar refractivity (Wildman–Crippen MR) is 142 cm³/mol. The minimum absolute atomic E-state index is 0.257. The van der Waals surface area contributed by atoms with Crippen LogP contribution in [0.4, 0.5) is 0 Å². The minimum atomic E-state index is 0.257. The molecule has 0 amide bonds. The van der Waals surface area contributed by atoms with Crippen molar-refractivity contribution in [3.8, 4) is 23.0 Å². The smallest absolute Gasteiger partial charge is 0.226 e. The van der Waals surface area contributed by atoms with Crippen molar-refractivity contribution in [2.45, 2.75) is 26.3 Å². The Balaban J connectivity index is 1.17. The molecule has 0 atom stereocenters. The van der Waals surface area contributed by atoms with Crippen LogP contribution in [-0.2, 0) is 24.2 Å². The highest BCUT2D eigenvalue weighted by atomic mass is 16.5. The van der Waals surface area contributed by atoms with Crippen molar-refractivity contribution in [1.82, 2.24) is 9.88 Å². The first-order valence-corrected chi connectivity index (χ1v) is 12.5. The minimum Gasteiger partial charge on any atom is -0.508 e. The van der Waals surface area contributed by atoms with Gasteiger partial charge in [0.05, 0.1) is 12.3 Å². The number of aryl methyl sites for hydroxylation is 1. The molecule has 4 aromatic rings. The van der Waals surface area contributed by atoms with Crippen molar-refractivity contribution in [3.63, 3.8) is 0 Å². The Kier molecular flexibility index (Phi) is 7.47. The molecule has 3 aromatic carbocycles. The van der Waals surface area contributed by atoms with Gasteiger partial charge in [-0.05, 0) is 66.4 Å². The third kappa shape index (κ3) is 6.16. The van der Waals surface area contributed by atoms with Gasteiger partial charge < -0.3 is 14.3 Å². The summed E-state index contributed by atoms with van der Waals surface area (Å²) in [6.45, 7) is 4.54. The predicted octanol–water partition coefficient (Wildman–Crippen LogP) is 5.53. The molecule has 1 aromatic heterocycles. The molecule has 5 rings (SSSR count). The van der Waals surface area contributed by atoms with Gasteiger partial charge in [-0.1, -0.05) is 42.5 Å². The summed E-state index contributed by atoms with van der Waals surface area (Å²) >= 11 is 0. The molecule has 0 bridgehead atoms. The van der Waals surface area contributed by atoms with E-state index in [0.717, 1.165) is 64.4 Å². The molecule has 0 aliphatic carbocycles. The first-order valence-electron chi connectivity index (χ1n) is 12.5. The molecule has 0 radical (unpaired) electrons. The zero-order valence-electron chi connectivity index (χ0n) is 20.9. The standard InChI is InChI=1S/C31H30N2O4/c1-22-30(32-31(37-22)25-7-3-2-4-8-25)14-15-36-29-9-5-6-24(17-29)16-26-19-33(20-27(26)21-34)18-23-10-12-28(35)13-11-23/h2-13,17,21,35H,14-16,18-20H2,1H3. The fraction of sp³-hybridized carbons (Fsp3) is 0.226. The van der Waals surface area contributed by atoms with Gasteiger partial charge in [-0.25, -0.2) is 4.98 Å². The van der Waals surface area contributed by atoms with E-state index >= 15 is 0 Å². The Hall–Kier alpha value is -4.16. The average Bonchev–Trinajstić information content (AvgIpc) is 3.48. The summed E-state index contributed by atoms with van der Waals surface area (Å²) in [7, 11) is 0. The summed E-state index contributed by atoms with van der Waals surface area (Å²) in [4.78, 5) is 18.7. The van der Waals surface area contributed by atoms with E-state index in [1.807, 2.05) is 67.6 Å². The number of hydrogen-bond donors (Lipinski definition) is 1. The molecule has 188 valence electrons. The summed E-state index contributed by atoms with van der Waals surface area (Å²) in [6.07, 6.45) is 2.34. The average molecular weight is 495 g/mol. The van der Waals surface area contributed by atoms with Gasteiger partial charge in [0.2, 0.25) is 5.89 Å². The first-order chi connectivity index (χ1) is 18.1. The van der Waals surface area contributed by atoms with Gasteiger partial charge in [-0.3, -0.25) is 9.69 Å². The zero-order valence-corrected chi connectivity index (χ0v) is 20.9. The van der Waals surface area contributed by atoms with E-state index in [-0.39, 0.29) is 5.75 Å². The molecule has 6 heteroatoms. The van der Waals surface area contributed by atoms with Crippen LogP contribution in [0.2, 0.25) is 0 Å². The lowest BCUT2D eigenvalue weighted by Gasteiger charge is -2.16. The summed E-state index contributed by atoms with van der Waals surface area (Å²) in [5.74, 6) is 2.50. The number of carbonyl (C=O) groups excluding carboxylic acids is 1. The number of oxazole rings is 1. The van der Waals surface area contributed by atoms with E-state index in [1.54, 1.807) is 12.1 Å². The zero-order chi connectivity index (χ0) is 25.6. The van der Waals surface area contributed by atoms with Crippen LogP contribution in [0.15, 0.2) is 94.4 Å². The second-order valence-corrected chi connectivity index (χ2v) is 9.37. The van der Waals surface area contributed by atoms with Crippen LogP contribution in [0.3, 0.4) is 0 Å². The van der Waals surface area contributed by atoms with Crippen LogP contribution in [0.1, 0.15) is 22.6 Å². The molecule has 6 nitrogen and oxygen atoms in total. The van der Waals surface area contributed by atoms with Crippen LogP contribution >= 0.6 is 0 Å². The summed E-state index contributed by atoms with van der Waals surface area (Å²) in [5, 5.41) is 9.51. The fourth-order valence-electron chi connectivity index (χ4n) is 4.66. The van der Waals surface area contributed by atoms with E-state index < -0.39 is 0 Å². The van der Waals surface area contributed by atoms with Gasteiger partial charge in [-0.15, -0.1) is 0 Å². The van der Waals surface area contributed by atoms with E-state index in [0.29, 0.717) is 31.9 Å². The molecule has 2 heterocycles. The Morgan fingerprint density at radius 2 is 1.81 bits per heavy atom. The highest BCUT2D eigenvalue weighted by Gasteiger charge is 2.22. The number of aldehydes is 1. The third-order valence-corrected chi connectivity index (χ3v) is 6.58. The largest absolute Gasteiger partial charge is 0.508 e. The Morgan fingerprint density at radius 3 is 2.59 bits per heavy atom. The van der Waals surface area contributed by atoms with Crippen molar-refractivity contribution >= 4 is 6.29 Å². The number of aromatic nitrogens is 1. The van der Waals surface area contributed by atoms with Crippen molar-refractivity contribution in [2.75, 3.05) is 19.7 Å². The molecule has 0 saturated carbocycles. The molecule has 0 saturated heterocycles. The number of aromatic hydroxyl groups is 1. The summed E-state index contributed by atoms with van der Waals surface area (Å²) in [6, 6.07) is 25.2. The highest BCUT2D eigenvalue weighted by Crippen LogP contribution is 2.25. The van der Waals surface area contributed by atoms with E-state index in [2.05, 4.69) is 16.0 Å². The molecule has 1 N–H and O–H groups in total. The number of phenolic OH excluding ortho intramolecular Hbond substituents is 1. The van der Waals surface area contributed by atoms with Crippen LogP contribution in [0.5, 0.6) is 11.5 Å². The third-order valence-electron chi connectivity index (χ3n) is 6.58. The normalized spacial score (nSPS) is 13.8. The van der Waals surface area contributed by atoms with Crippen LogP contribution in [0, 0.1) is 6.92 Å². The highest BCUT2D eigenvalue weighted by molar-refractivity contribution is 5.76. The maximum Gasteiger partial charge on any atom is 0.226 e. The molecule has 0 fully saturated rings. The molecular weight excluding hydrogens is 464 g/mol. The maximum absolute atomic E-state index is 11.8. The van der Waals surface area contributed by atoms with Crippen molar-refractivity contribution in [1.29, 1.82) is 0 Å². The lowest BCUT2D eigenvalue weighted by Crippen LogP contribution is -2.21. The van der Waals surface area contributed by atoms with Crippen molar-refractivity contribution in [3.05, 3.63) is 113 Å². The van der Waals surface area contributed by atoms with Gasteiger partial charge in [0.15, 0.2) is 0 Å². The van der Waals surface area contributed by atoms with Gasteiger partial charge in [-0.2, -0.15) is 0 Å². The first kappa shape index (κ1) is 24.5. The maximum atomic E-state index is 11.8. The second kappa shape index (κ2) is 11.3. The van der Waals surface area contributed by atoms with Crippen LogP contribution in [-0.4, -0.2) is 41.0 Å². The molecule has 37 heavy (non-hydrogen) atoms. The van der Waals surface area contributed by atoms with E-state index in [9.17, 15) is 9.90 Å². The molecule has 0 spiro atoms. The SMILES string of the molecule is Cc1oc(-c2ccccc2)nc1CCOc1cccc(CC2=C(C=O)CN(Cc3ccc(O)cc3)C2)c1. The lowest BCUT2D eigenvalue weighted by atomic mass is 10.0. The van der Waals surface area contributed by atoms with Gasteiger partial charge >= 0.3 is 0 Å². The van der Waals surface area contributed by atoms with Gasteiger partial charge in [0.25, 0.3) is 0 Å². The van der Waals surface area contributed by atoms with Crippen LogP contribution in [0.25, 0.3) is 11.5 Å². The number of nitrogens with zero attached hydrogens (tertiary/aromatic N) is 2. The number of phenols is 1. The summed E-state index contributed by atoms with van der Waals surface area (Å²) < 4.78 is 11.9. The molecule has 1 aliphatic heterocycles. The molecule has 0 unspecified atom stereocenters. The van der Waals surface area contributed by atoms with Crippen LogP contribution < -0.4 is 4.74 Å². The number of rotatable bonds is 10. The van der Waals surface area contributed by atoms with Gasteiger partial charge in [0, 0.05) is 37.2 Å². The quantitative estimate of drug-likeness (QED) is 0.292. The second-order valence-electron chi connectivity index (χ2n) is 9.37. The van der Waals surface area contributed by atoms with Crippen molar-refractivity contribution < 1.29 is 19.1 Å². The monoisotopic (exact) mass is 494 g/mol. The molecular formula is C31H30N2O4. The summed E-state index contributed by atoms with van der Waals surface area (Å²) in [5.41, 5.74) is 6.07. The fourth-order valence-corrected chi connectivity index (χ4v) is 4.66. The van der Waals surface area contributed by atoms with E-state index in [4.69, 9.17) is 9.15 Å². The van der Waals surface area contributed by atoms with Crippen molar-refractivity contribution in [2.24, 2.45) is 0 Å². The number of benzene rings is 3. The lowest BCUT2D eigenvalue weighted by molar-refractivity contribution is -0.105. The number of carbonyl (C=O) groups is 1. The number of ether oxygens (including phenoxy) is 1. The Labute approximate surface area is 216 Å². The van der Waals surface area contributed by atoms with E-state index in [1.165, 1.54) is 0 Å². The topological polar surface area (TPSA) is 75.8 Å². The van der Waals surface area contributed by atoms with Gasteiger partial charge in [0.1, 0.15) is 23.5 Å². The Morgan fingerprint density at radius 1 is 1.00 bits per heavy atom. The number of hydrogen-bond acceptors (Lipinski definition) is 6.